The van der Waals surface area contributed by atoms with Crippen molar-refractivity contribution in [1.82, 2.24) is 4.72 Å². The molecule has 19 heavy (non-hydrogen) atoms. The molecule has 1 heterocycles. The van der Waals surface area contributed by atoms with Gasteiger partial charge in [-0.1, -0.05) is 0 Å². The van der Waals surface area contributed by atoms with E-state index in [0.29, 0.717) is 11.4 Å². The Bertz CT molecular complexity index is 610. The third-order valence-electron chi connectivity index (χ3n) is 2.48. The van der Waals surface area contributed by atoms with E-state index in [4.69, 9.17) is 9.84 Å². The van der Waals surface area contributed by atoms with Crippen LogP contribution in [-0.2, 0) is 10.0 Å². The topological polar surface area (TPSA) is 100 Å². The van der Waals surface area contributed by atoms with Crippen LogP contribution in [0, 0.1) is 0 Å². The molecule has 3 N–H and O–H groups in total. The highest BCUT2D eigenvalue weighted by Gasteiger charge is 2.27. The summed E-state index contributed by atoms with van der Waals surface area (Å²) in [5, 5.41) is 12.0. The first-order valence-electron chi connectivity index (χ1n) is 5.63. The zero-order chi connectivity index (χ0) is 14.0. The van der Waals surface area contributed by atoms with E-state index in [9.17, 15) is 8.42 Å². The lowest BCUT2D eigenvalue weighted by Gasteiger charge is -2.22. The van der Waals surface area contributed by atoms with E-state index in [0.717, 1.165) is 0 Å². The monoisotopic (exact) mass is 285 g/mol. The van der Waals surface area contributed by atoms with Gasteiger partial charge in [0.05, 0.1) is 25.4 Å². The van der Waals surface area contributed by atoms with Gasteiger partial charge in [0.15, 0.2) is 0 Å². The average molecular weight is 285 g/mol. The second kappa shape index (κ2) is 5.06. The van der Waals surface area contributed by atoms with E-state index in [1.54, 1.807) is 19.1 Å². The van der Waals surface area contributed by atoms with Crippen LogP contribution in [0.15, 0.2) is 28.1 Å². The second-order valence-electron chi connectivity index (χ2n) is 4.13. The Morgan fingerprint density at radius 2 is 2.21 bits per heavy atom. The van der Waals surface area contributed by atoms with Crippen molar-refractivity contribution in [2.75, 3.05) is 19.0 Å². The van der Waals surface area contributed by atoms with Gasteiger partial charge in [0.2, 0.25) is 5.96 Å². The lowest BCUT2D eigenvalue weighted by molar-refractivity contribution is 0.204. The van der Waals surface area contributed by atoms with Crippen LogP contribution in [0.5, 0.6) is 5.75 Å². The number of nitrogens with zero attached hydrogens (tertiary/aromatic N) is 1. The molecule has 1 aromatic rings. The minimum absolute atomic E-state index is 0.0959. The summed E-state index contributed by atoms with van der Waals surface area (Å²) >= 11 is 0. The number of sulfonamides is 1. The lowest BCUT2D eigenvalue weighted by atomic mass is 10.3. The number of guanidine groups is 1. The van der Waals surface area contributed by atoms with Crippen LogP contribution in [0.4, 0.5) is 5.69 Å². The maximum atomic E-state index is 12.0. The molecule has 1 atom stereocenters. The van der Waals surface area contributed by atoms with E-state index in [-0.39, 0.29) is 17.4 Å². The Morgan fingerprint density at radius 3 is 2.84 bits per heavy atom. The van der Waals surface area contributed by atoms with E-state index in [1.807, 2.05) is 0 Å². The van der Waals surface area contributed by atoms with Crippen molar-refractivity contribution in [3.8, 4) is 5.75 Å². The van der Waals surface area contributed by atoms with Gasteiger partial charge in [-0.3, -0.25) is 0 Å². The number of hydrogen-bond donors (Lipinski definition) is 3. The fraction of sp³-hybridized carbons (Fsp3) is 0.364. The molecule has 0 fully saturated rings. The van der Waals surface area contributed by atoms with Crippen LogP contribution in [-0.4, -0.2) is 39.2 Å². The van der Waals surface area contributed by atoms with Gasteiger partial charge in [0.1, 0.15) is 10.6 Å². The number of aliphatic hydroxyl groups is 1. The van der Waals surface area contributed by atoms with Gasteiger partial charge in [0, 0.05) is 6.07 Å². The van der Waals surface area contributed by atoms with Crippen LogP contribution in [0.3, 0.4) is 0 Å². The second-order valence-corrected chi connectivity index (χ2v) is 5.78. The third kappa shape index (κ3) is 2.96. The Kier molecular flexibility index (Phi) is 3.63. The van der Waals surface area contributed by atoms with Crippen molar-refractivity contribution in [3.63, 3.8) is 0 Å². The fourth-order valence-corrected chi connectivity index (χ4v) is 2.75. The lowest BCUT2D eigenvalue weighted by Crippen LogP contribution is -2.41. The molecule has 0 bridgehead atoms. The highest BCUT2D eigenvalue weighted by Crippen LogP contribution is 2.28. The van der Waals surface area contributed by atoms with Crippen molar-refractivity contribution in [3.05, 3.63) is 18.2 Å². The maximum Gasteiger partial charge on any atom is 0.266 e. The molecule has 1 aliphatic heterocycles. The summed E-state index contributed by atoms with van der Waals surface area (Å²) in [5.41, 5.74) is 0.420. The third-order valence-corrected chi connectivity index (χ3v) is 3.85. The molecule has 0 saturated carbocycles. The molecule has 1 unspecified atom stereocenters. The SMILES string of the molecule is COc1ccc2c(c1)S(=O)(=O)NC(=NCC(C)O)N2. The molecule has 0 aromatic heterocycles. The summed E-state index contributed by atoms with van der Waals surface area (Å²) in [6.07, 6.45) is -0.643. The normalized spacial score (nSPS) is 20.1. The number of anilines is 1. The zero-order valence-electron chi connectivity index (χ0n) is 10.5. The Labute approximate surface area is 111 Å². The van der Waals surface area contributed by atoms with E-state index in [2.05, 4.69) is 15.0 Å². The molecule has 0 radical (unpaired) electrons. The standard InChI is InChI=1S/C11H15N3O4S/c1-7(15)6-12-11-13-9-4-3-8(18-2)5-10(9)19(16,17)14-11/h3-5,7,15H,6H2,1-2H3,(H2,12,13,14). The van der Waals surface area contributed by atoms with E-state index >= 15 is 0 Å². The smallest absolute Gasteiger partial charge is 0.266 e. The molecule has 8 heteroatoms. The fourth-order valence-electron chi connectivity index (χ4n) is 1.59. The summed E-state index contributed by atoms with van der Waals surface area (Å²) in [7, 11) is -2.21. The van der Waals surface area contributed by atoms with Gasteiger partial charge in [-0.2, -0.15) is 0 Å². The number of ether oxygens (including phenoxy) is 1. The quantitative estimate of drug-likeness (QED) is 0.733. The molecule has 7 nitrogen and oxygen atoms in total. The van der Waals surface area contributed by atoms with Crippen LogP contribution in [0.1, 0.15) is 6.92 Å². The molecule has 104 valence electrons. The number of methoxy groups -OCH3 is 1. The van der Waals surface area contributed by atoms with Gasteiger partial charge in [-0.15, -0.1) is 0 Å². The Balaban J connectivity index is 2.38. The molecule has 0 amide bonds. The molecular formula is C11H15N3O4S. The van der Waals surface area contributed by atoms with Gasteiger partial charge >= 0.3 is 0 Å². The molecule has 2 rings (SSSR count). The summed E-state index contributed by atoms with van der Waals surface area (Å²) in [5.74, 6) is 0.550. The number of hydrogen-bond acceptors (Lipinski definition) is 5. The number of nitrogens with one attached hydrogen (secondary N) is 2. The Morgan fingerprint density at radius 1 is 1.47 bits per heavy atom. The zero-order valence-corrected chi connectivity index (χ0v) is 11.4. The van der Waals surface area contributed by atoms with Crippen molar-refractivity contribution < 1.29 is 18.3 Å². The molecule has 0 aliphatic carbocycles. The van der Waals surface area contributed by atoms with E-state index in [1.165, 1.54) is 13.2 Å². The first kappa shape index (κ1) is 13.6. The number of benzene rings is 1. The highest BCUT2D eigenvalue weighted by atomic mass is 32.2. The number of aliphatic imine (C=N–C) groups is 1. The summed E-state index contributed by atoms with van der Waals surface area (Å²) in [4.78, 5) is 4.05. The average Bonchev–Trinajstić information content (AvgIpc) is 2.35. The van der Waals surface area contributed by atoms with Crippen molar-refractivity contribution in [2.24, 2.45) is 4.99 Å². The number of aliphatic hydroxyl groups excluding tert-OH is 1. The summed E-state index contributed by atoms with van der Waals surface area (Å²) in [6.45, 7) is 1.68. The summed E-state index contributed by atoms with van der Waals surface area (Å²) < 4.78 is 31.4. The van der Waals surface area contributed by atoms with Gasteiger partial charge in [-0.25, -0.2) is 18.1 Å². The predicted molar refractivity (Wildman–Crippen MR) is 70.9 cm³/mol. The van der Waals surface area contributed by atoms with Gasteiger partial charge < -0.3 is 15.2 Å². The first-order valence-corrected chi connectivity index (χ1v) is 7.11. The molecule has 1 aliphatic rings. The first-order chi connectivity index (χ1) is 8.92. The van der Waals surface area contributed by atoms with Crippen LogP contribution in [0.25, 0.3) is 0 Å². The minimum atomic E-state index is -3.68. The van der Waals surface area contributed by atoms with Crippen LogP contribution < -0.4 is 14.8 Å². The van der Waals surface area contributed by atoms with Crippen molar-refractivity contribution in [2.45, 2.75) is 17.9 Å². The molecular weight excluding hydrogens is 270 g/mol. The van der Waals surface area contributed by atoms with Crippen LogP contribution >= 0.6 is 0 Å². The number of rotatable bonds is 3. The van der Waals surface area contributed by atoms with Crippen molar-refractivity contribution in [1.29, 1.82) is 0 Å². The predicted octanol–water partition coefficient (Wildman–Crippen LogP) is 0.136. The Hall–Kier alpha value is -1.80. The minimum Gasteiger partial charge on any atom is -0.497 e. The maximum absolute atomic E-state index is 12.0. The van der Waals surface area contributed by atoms with Gasteiger partial charge in [0.25, 0.3) is 10.0 Å². The van der Waals surface area contributed by atoms with Gasteiger partial charge in [-0.05, 0) is 19.1 Å². The largest absolute Gasteiger partial charge is 0.497 e. The van der Waals surface area contributed by atoms with Crippen molar-refractivity contribution >= 4 is 21.7 Å². The molecule has 0 saturated heterocycles. The molecule has 1 aromatic carbocycles. The molecule has 0 spiro atoms. The van der Waals surface area contributed by atoms with E-state index < -0.39 is 16.1 Å². The summed E-state index contributed by atoms with van der Waals surface area (Å²) in [6, 6.07) is 4.68. The van der Waals surface area contributed by atoms with Crippen LogP contribution in [0.2, 0.25) is 0 Å². The number of fused-ring (bicyclic) bond motifs is 1. The highest BCUT2D eigenvalue weighted by molar-refractivity contribution is 7.90.